The molecule has 2 unspecified atom stereocenters. The topological polar surface area (TPSA) is 43.7 Å². The predicted octanol–water partition coefficient (Wildman–Crippen LogP) is 2.97. The van der Waals surface area contributed by atoms with Gasteiger partial charge in [-0.25, -0.2) is 0 Å². The first-order valence-electron chi connectivity index (χ1n) is 7.46. The minimum atomic E-state index is -0.388. The van der Waals surface area contributed by atoms with Gasteiger partial charge in [-0.15, -0.1) is 0 Å². The van der Waals surface area contributed by atoms with Crippen molar-refractivity contribution in [1.82, 2.24) is 4.90 Å². The van der Waals surface area contributed by atoms with Crippen LogP contribution in [0, 0.1) is 5.92 Å². The van der Waals surface area contributed by atoms with Gasteiger partial charge in [-0.3, -0.25) is 0 Å². The number of benzene rings is 1. The van der Waals surface area contributed by atoms with Gasteiger partial charge in [0.2, 0.25) is 0 Å². The summed E-state index contributed by atoms with van der Waals surface area (Å²) in [5.41, 5.74) is 0.983. The highest BCUT2D eigenvalue weighted by Crippen LogP contribution is 2.23. The molecule has 112 valence electrons. The van der Waals surface area contributed by atoms with Crippen molar-refractivity contribution in [2.24, 2.45) is 5.92 Å². The Kier molecular flexibility index (Phi) is 6.49. The summed E-state index contributed by atoms with van der Waals surface area (Å²) >= 11 is 3.41. The fourth-order valence-corrected chi connectivity index (χ4v) is 3.19. The van der Waals surface area contributed by atoms with E-state index in [-0.39, 0.29) is 6.10 Å². The van der Waals surface area contributed by atoms with Gasteiger partial charge in [-0.2, -0.15) is 0 Å². The Bertz CT molecular complexity index is 394. The Hall–Kier alpha value is -0.420. The lowest BCUT2D eigenvalue weighted by Gasteiger charge is -2.33. The molecule has 0 spiro atoms. The van der Waals surface area contributed by atoms with Crippen LogP contribution < -0.4 is 0 Å². The van der Waals surface area contributed by atoms with Crippen molar-refractivity contribution in [2.45, 2.75) is 31.8 Å². The van der Waals surface area contributed by atoms with Crippen LogP contribution >= 0.6 is 15.9 Å². The number of aliphatic hydroxyl groups excluding tert-OH is 2. The van der Waals surface area contributed by atoms with E-state index in [4.69, 9.17) is 5.11 Å². The molecular formula is C16H24BrNO2. The summed E-state index contributed by atoms with van der Waals surface area (Å²) in [5.74, 6) is 0.624. The molecule has 2 N–H and O–H groups in total. The molecule has 2 atom stereocenters. The van der Waals surface area contributed by atoms with Gasteiger partial charge in [0, 0.05) is 24.2 Å². The monoisotopic (exact) mass is 341 g/mol. The summed E-state index contributed by atoms with van der Waals surface area (Å²) in [6.45, 7) is 3.40. The highest BCUT2D eigenvalue weighted by Gasteiger charge is 2.20. The Morgan fingerprint density at radius 3 is 2.75 bits per heavy atom. The molecule has 3 nitrogen and oxygen atoms in total. The van der Waals surface area contributed by atoms with E-state index in [1.54, 1.807) is 0 Å². The molecule has 1 aliphatic rings. The normalized spacial score (nSPS) is 21.9. The summed E-state index contributed by atoms with van der Waals surface area (Å²) in [5, 5.41) is 19.3. The molecule has 1 aromatic carbocycles. The third-order valence-electron chi connectivity index (χ3n) is 4.11. The first-order valence-corrected chi connectivity index (χ1v) is 8.25. The number of piperidine rings is 1. The third kappa shape index (κ3) is 4.85. The van der Waals surface area contributed by atoms with Gasteiger partial charge < -0.3 is 15.1 Å². The Morgan fingerprint density at radius 1 is 1.30 bits per heavy atom. The SMILES string of the molecule is OCCC1CCCN(CCC(O)c2ccc(Br)cc2)C1. The molecule has 0 saturated carbocycles. The molecule has 1 fully saturated rings. The van der Waals surface area contributed by atoms with E-state index < -0.39 is 0 Å². The minimum absolute atomic E-state index is 0.292. The largest absolute Gasteiger partial charge is 0.396 e. The maximum absolute atomic E-state index is 10.2. The average molecular weight is 342 g/mol. The minimum Gasteiger partial charge on any atom is -0.396 e. The van der Waals surface area contributed by atoms with Crippen LogP contribution in [0.4, 0.5) is 0 Å². The first-order chi connectivity index (χ1) is 9.69. The van der Waals surface area contributed by atoms with Gasteiger partial charge >= 0.3 is 0 Å². The van der Waals surface area contributed by atoms with Gasteiger partial charge in [0.1, 0.15) is 0 Å². The summed E-state index contributed by atoms with van der Waals surface area (Å²) in [4.78, 5) is 2.42. The number of aliphatic hydroxyl groups is 2. The molecule has 0 aliphatic carbocycles. The molecule has 0 bridgehead atoms. The van der Waals surface area contributed by atoms with Crippen molar-refractivity contribution in [1.29, 1.82) is 0 Å². The highest BCUT2D eigenvalue weighted by molar-refractivity contribution is 9.10. The van der Waals surface area contributed by atoms with E-state index in [1.807, 2.05) is 24.3 Å². The lowest BCUT2D eigenvalue weighted by atomic mass is 9.95. The quantitative estimate of drug-likeness (QED) is 0.835. The van der Waals surface area contributed by atoms with Crippen LogP contribution in [-0.2, 0) is 0 Å². The number of hydrogen-bond donors (Lipinski definition) is 2. The second kappa shape index (κ2) is 8.13. The summed E-state index contributed by atoms with van der Waals surface area (Å²) < 4.78 is 1.04. The van der Waals surface area contributed by atoms with E-state index in [0.29, 0.717) is 12.5 Å². The van der Waals surface area contributed by atoms with E-state index in [1.165, 1.54) is 12.8 Å². The second-order valence-corrected chi connectivity index (χ2v) is 6.59. The number of halogens is 1. The molecule has 20 heavy (non-hydrogen) atoms. The van der Waals surface area contributed by atoms with Crippen LogP contribution in [0.2, 0.25) is 0 Å². The number of likely N-dealkylation sites (tertiary alicyclic amines) is 1. The van der Waals surface area contributed by atoms with Gasteiger partial charge in [0.25, 0.3) is 0 Å². The Balaban J connectivity index is 1.78. The van der Waals surface area contributed by atoms with E-state index in [9.17, 15) is 5.11 Å². The molecule has 1 aliphatic heterocycles. The number of nitrogens with zero attached hydrogens (tertiary/aromatic N) is 1. The summed E-state index contributed by atoms with van der Waals surface area (Å²) in [6.07, 6.45) is 3.73. The van der Waals surface area contributed by atoms with Crippen LogP contribution in [0.25, 0.3) is 0 Å². The zero-order valence-electron chi connectivity index (χ0n) is 11.8. The van der Waals surface area contributed by atoms with E-state index in [0.717, 1.165) is 42.5 Å². The average Bonchev–Trinajstić information content (AvgIpc) is 2.46. The molecule has 1 heterocycles. The smallest absolute Gasteiger partial charge is 0.0802 e. The zero-order valence-corrected chi connectivity index (χ0v) is 13.4. The Labute approximate surface area is 129 Å². The fraction of sp³-hybridized carbons (Fsp3) is 0.625. The maximum Gasteiger partial charge on any atom is 0.0802 e. The van der Waals surface area contributed by atoms with Crippen molar-refractivity contribution in [3.05, 3.63) is 34.3 Å². The van der Waals surface area contributed by atoms with Crippen molar-refractivity contribution < 1.29 is 10.2 Å². The standard InChI is InChI=1S/C16H24BrNO2/c17-15-5-3-14(4-6-15)16(20)7-10-18-9-1-2-13(12-18)8-11-19/h3-6,13,16,19-20H,1-2,7-12H2. The number of rotatable bonds is 6. The predicted molar refractivity (Wildman–Crippen MR) is 84.6 cm³/mol. The first kappa shape index (κ1) is 16.0. The van der Waals surface area contributed by atoms with Gasteiger partial charge in [0.15, 0.2) is 0 Å². The van der Waals surface area contributed by atoms with Gasteiger partial charge in [-0.05, 0) is 55.8 Å². The van der Waals surface area contributed by atoms with Crippen LogP contribution in [0.15, 0.2) is 28.7 Å². The lowest BCUT2D eigenvalue weighted by molar-refractivity contribution is 0.110. The summed E-state index contributed by atoms with van der Waals surface area (Å²) in [6, 6.07) is 7.88. The van der Waals surface area contributed by atoms with Crippen LogP contribution in [-0.4, -0.2) is 41.4 Å². The lowest BCUT2D eigenvalue weighted by Crippen LogP contribution is -2.36. The molecule has 2 rings (SSSR count). The molecule has 0 aromatic heterocycles. The van der Waals surface area contributed by atoms with Gasteiger partial charge in [0.05, 0.1) is 6.10 Å². The van der Waals surface area contributed by atoms with Gasteiger partial charge in [-0.1, -0.05) is 28.1 Å². The summed E-state index contributed by atoms with van der Waals surface area (Å²) in [7, 11) is 0. The molecule has 1 aromatic rings. The van der Waals surface area contributed by atoms with E-state index in [2.05, 4.69) is 20.8 Å². The van der Waals surface area contributed by atoms with Crippen molar-refractivity contribution in [3.8, 4) is 0 Å². The van der Waals surface area contributed by atoms with Crippen LogP contribution in [0.5, 0.6) is 0 Å². The van der Waals surface area contributed by atoms with Crippen molar-refractivity contribution in [3.63, 3.8) is 0 Å². The van der Waals surface area contributed by atoms with E-state index >= 15 is 0 Å². The fourth-order valence-electron chi connectivity index (χ4n) is 2.93. The van der Waals surface area contributed by atoms with Crippen LogP contribution in [0.1, 0.15) is 37.4 Å². The van der Waals surface area contributed by atoms with Crippen molar-refractivity contribution >= 4 is 15.9 Å². The van der Waals surface area contributed by atoms with Crippen LogP contribution in [0.3, 0.4) is 0 Å². The maximum atomic E-state index is 10.2. The molecular weight excluding hydrogens is 318 g/mol. The molecule has 0 radical (unpaired) electrons. The highest BCUT2D eigenvalue weighted by atomic mass is 79.9. The molecule has 0 amide bonds. The van der Waals surface area contributed by atoms with Crippen molar-refractivity contribution in [2.75, 3.05) is 26.2 Å². The molecule has 1 saturated heterocycles. The third-order valence-corrected chi connectivity index (χ3v) is 4.64. The zero-order chi connectivity index (χ0) is 14.4. The number of hydrogen-bond acceptors (Lipinski definition) is 3. The second-order valence-electron chi connectivity index (χ2n) is 5.68. The molecule has 4 heteroatoms. The Morgan fingerprint density at radius 2 is 2.05 bits per heavy atom.